The van der Waals surface area contributed by atoms with Crippen molar-refractivity contribution < 1.29 is 19.4 Å². The highest BCUT2D eigenvalue weighted by atomic mass is 79.9. The largest absolute Gasteiger partial charge is 0.478 e. The van der Waals surface area contributed by atoms with Crippen molar-refractivity contribution in [2.75, 3.05) is 12.4 Å². The average molecular weight is 342 g/mol. The molecule has 1 amide bonds. The minimum absolute atomic E-state index is 0.133. The lowest BCUT2D eigenvalue weighted by atomic mass is 9.77. The maximum atomic E-state index is 12.1. The molecule has 6 heteroatoms. The maximum Gasteiger partial charge on any atom is 0.335 e. The van der Waals surface area contributed by atoms with Crippen molar-refractivity contribution in [1.82, 2.24) is 0 Å². The molecular weight excluding hydrogens is 326 g/mol. The van der Waals surface area contributed by atoms with Gasteiger partial charge in [0, 0.05) is 11.6 Å². The Morgan fingerprint density at radius 3 is 2.65 bits per heavy atom. The van der Waals surface area contributed by atoms with Gasteiger partial charge in [-0.2, -0.15) is 0 Å². The van der Waals surface area contributed by atoms with E-state index in [1.807, 2.05) is 0 Å². The van der Waals surface area contributed by atoms with Crippen LogP contribution in [0.2, 0.25) is 0 Å². The molecule has 0 aliphatic heterocycles. The number of ether oxygens (including phenoxy) is 1. The number of amides is 1. The lowest BCUT2D eigenvalue weighted by molar-refractivity contribution is -0.129. The number of carboxylic acids is 1. The molecule has 2 rings (SSSR count). The van der Waals surface area contributed by atoms with Crippen molar-refractivity contribution in [3.05, 3.63) is 28.2 Å². The summed E-state index contributed by atoms with van der Waals surface area (Å²) in [5.74, 6) is -1.20. The monoisotopic (exact) mass is 341 g/mol. The highest BCUT2D eigenvalue weighted by Crippen LogP contribution is 2.38. The molecule has 0 spiro atoms. The number of carbonyl (C=O) groups is 2. The second-order valence-corrected chi connectivity index (χ2v) is 5.82. The molecule has 1 saturated carbocycles. The van der Waals surface area contributed by atoms with Crippen LogP contribution in [0, 0.1) is 0 Å². The highest BCUT2D eigenvalue weighted by Gasteiger charge is 2.39. The van der Waals surface area contributed by atoms with Crippen LogP contribution in [0.1, 0.15) is 36.0 Å². The first-order valence-electron chi connectivity index (χ1n) is 6.34. The number of aromatic carboxylic acids is 1. The minimum atomic E-state index is -1.03. The predicted octanol–water partition coefficient (Wildman–Crippen LogP) is 3.05. The lowest BCUT2D eigenvalue weighted by Crippen LogP contribution is -2.42. The van der Waals surface area contributed by atoms with E-state index in [1.165, 1.54) is 12.1 Å². The van der Waals surface area contributed by atoms with E-state index in [2.05, 4.69) is 21.2 Å². The van der Waals surface area contributed by atoms with E-state index in [4.69, 9.17) is 9.84 Å². The van der Waals surface area contributed by atoms with E-state index in [0.717, 1.165) is 19.3 Å². The van der Waals surface area contributed by atoms with Crippen LogP contribution in [0.4, 0.5) is 5.69 Å². The van der Waals surface area contributed by atoms with Crippen LogP contribution in [0.15, 0.2) is 22.7 Å². The Balaban J connectivity index is 2.07. The van der Waals surface area contributed by atoms with Gasteiger partial charge in [0.25, 0.3) is 0 Å². The van der Waals surface area contributed by atoms with E-state index in [9.17, 15) is 9.59 Å². The molecular formula is C14H16BrNO4. The molecule has 0 heterocycles. The second-order valence-electron chi connectivity index (χ2n) is 4.97. The first-order valence-corrected chi connectivity index (χ1v) is 7.13. The number of anilines is 1. The molecule has 0 bridgehead atoms. The molecule has 0 radical (unpaired) electrons. The highest BCUT2D eigenvalue weighted by molar-refractivity contribution is 9.10. The van der Waals surface area contributed by atoms with Gasteiger partial charge in [-0.3, -0.25) is 4.79 Å². The van der Waals surface area contributed by atoms with Gasteiger partial charge >= 0.3 is 5.97 Å². The molecule has 20 heavy (non-hydrogen) atoms. The molecule has 1 fully saturated rings. The van der Waals surface area contributed by atoms with Crippen molar-refractivity contribution in [3.8, 4) is 0 Å². The van der Waals surface area contributed by atoms with Gasteiger partial charge in [0.05, 0.1) is 23.3 Å². The Labute approximate surface area is 125 Å². The summed E-state index contributed by atoms with van der Waals surface area (Å²) in [5, 5.41) is 11.7. The summed E-state index contributed by atoms with van der Waals surface area (Å²) in [6.45, 7) is 0. The lowest BCUT2D eigenvalue weighted by Gasteiger charge is -2.39. The van der Waals surface area contributed by atoms with E-state index in [-0.39, 0.29) is 23.5 Å². The summed E-state index contributed by atoms with van der Waals surface area (Å²) in [7, 11) is 1.62. The van der Waals surface area contributed by atoms with Crippen LogP contribution in [-0.2, 0) is 9.53 Å². The van der Waals surface area contributed by atoms with Gasteiger partial charge < -0.3 is 15.2 Å². The summed E-state index contributed by atoms with van der Waals surface area (Å²) in [6.07, 6.45) is 3.12. The van der Waals surface area contributed by atoms with E-state index < -0.39 is 5.97 Å². The summed E-state index contributed by atoms with van der Waals surface area (Å²) in [5.41, 5.74) is 0.245. The smallest absolute Gasteiger partial charge is 0.335 e. The van der Waals surface area contributed by atoms with Crippen LogP contribution in [0.3, 0.4) is 0 Å². The first kappa shape index (κ1) is 15.0. The third-order valence-electron chi connectivity index (χ3n) is 3.67. The summed E-state index contributed by atoms with van der Waals surface area (Å²) in [4.78, 5) is 23.0. The molecule has 0 aromatic heterocycles. The van der Waals surface area contributed by atoms with Crippen molar-refractivity contribution in [1.29, 1.82) is 0 Å². The number of carboxylic acid groups (broad SMARTS) is 1. The van der Waals surface area contributed by atoms with Crippen LogP contribution in [-0.4, -0.2) is 29.7 Å². The number of nitrogens with one attached hydrogen (secondary N) is 1. The molecule has 0 unspecified atom stereocenters. The Morgan fingerprint density at radius 1 is 1.45 bits per heavy atom. The number of methoxy groups -OCH3 is 1. The van der Waals surface area contributed by atoms with Gasteiger partial charge in [0.1, 0.15) is 0 Å². The topological polar surface area (TPSA) is 75.6 Å². The number of hydrogen-bond acceptors (Lipinski definition) is 3. The summed E-state index contributed by atoms with van der Waals surface area (Å²) in [6, 6.07) is 4.52. The Bertz CT molecular complexity index is 534. The van der Waals surface area contributed by atoms with Crippen LogP contribution >= 0.6 is 15.9 Å². The number of halogens is 1. The molecule has 1 aliphatic rings. The second kappa shape index (κ2) is 5.93. The molecule has 108 valence electrons. The van der Waals surface area contributed by atoms with Crippen molar-refractivity contribution in [2.45, 2.75) is 31.3 Å². The zero-order valence-electron chi connectivity index (χ0n) is 11.1. The zero-order valence-corrected chi connectivity index (χ0v) is 12.7. The van der Waals surface area contributed by atoms with Gasteiger partial charge in [0.15, 0.2) is 0 Å². The minimum Gasteiger partial charge on any atom is -0.478 e. The third-order valence-corrected chi connectivity index (χ3v) is 4.36. The van der Waals surface area contributed by atoms with E-state index in [1.54, 1.807) is 13.2 Å². The Morgan fingerprint density at radius 2 is 2.15 bits per heavy atom. The molecule has 1 aromatic rings. The predicted molar refractivity (Wildman–Crippen MR) is 77.9 cm³/mol. The van der Waals surface area contributed by atoms with Crippen molar-refractivity contribution in [2.24, 2.45) is 0 Å². The fourth-order valence-corrected chi connectivity index (χ4v) is 2.61. The molecule has 5 nitrogen and oxygen atoms in total. The fourth-order valence-electron chi connectivity index (χ4n) is 2.27. The van der Waals surface area contributed by atoms with Gasteiger partial charge in [-0.25, -0.2) is 4.79 Å². The number of hydrogen-bond donors (Lipinski definition) is 2. The van der Waals surface area contributed by atoms with Crippen LogP contribution in [0.25, 0.3) is 0 Å². The molecule has 1 aliphatic carbocycles. The van der Waals surface area contributed by atoms with Gasteiger partial charge in [0.2, 0.25) is 5.91 Å². The number of rotatable bonds is 5. The van der Waals surface area contributed by atoms with Crippen LogP contribution in [0.5, 0.6) is 0 Å². The SMILES string of the molecule is COC1(CC(=O)Nc2cc(C(=O)O)ccc2Br)CCC1. The first-order chi connectivity index (χ1) is 9.46. The fraction of sp³-hybridized carbons (Fsp3) is 0.429. The number of carbonyl (C=O) groups excluding carboxylic acids is 1. The average Bonchev–Trinajstić information content (AvgIpc) is 2.36. The maximum absolute atomic E-state index is 12.1. The Kier molecular flexibility index (Phi) is 4.45. The molecule has 2 N–H and O–H groups in total. The van der Waals surface area contributed by atoms with E-state index in [0.29, 0.717) is 10.2 Å². The molecule has 0 saturated heterocycles. The van der Waals surface area contributed by atoms with Crippen LogP contribution < -0.4 is 5.32 Å². The van der Waals surface area contributed by atoms with Crippen molar-refractivity contribution in [3.63, 3.8) is 0 Å². The summed E-state index contributed by atoms with van der Waals surface area (Å²) >= 11 is 3.30. The number of benzene rings is 1. The molecule has 1 aromatic carbocycles. The third kappa shape index (κ3) is 3.19. The van der Waals surface area contributed by atoms with Gasteiger partial charge in [-0.05, 0) is 53.4 Å². The quantitative estimate of drug-likeness (QED) is 0.862. The van der Waals surface area contributed by atoms with Crippen molar-refractivity contribution >= 4 is 33.5 Å². The molecule has 0 atom stereocenters. The van der Waals surface area contributed by atoms with Gasteiger partial charge in [-0.15, -0.1) is 0 Å². The standard InChI is InChI=1S/C14H16BrNO4/c1-20-14(5-2-6-14)8-12(17)16-11-7-9(13(18)19)3-4-10(11)15/h3-4,7H,2,5-6,8H2,1H3,(H,16,17)(H,18,19). The van der Waals surface area contributed by atoms with E-state index >= 15 is 0 Å². The normalized spacial score (nSPS) is 16.3. The zero-order chi connectivity index (χ0) is 14.8. The Hall–Kier alpha value is -1.40. The van der Waals surface area contributed by atoms with Gasteiger partial charge in [-0.1, -0.05) is 0 Å². The summed E-state index contributed by atoms with van der Waals surface area (Å²) < 4.78 is 6.06.